The van der Waals surface area contributed by atoms with Gasteiger partial charge in [0.25, 0.3) is 0 Å². The van der Waals surface area contributed by atoms with Crippen LogP contribution in [0.1, 0.15) is 88.2 Å². The van der Waals surface area contributed by atoms with Crippen LogP contribution in [0.5, 0.6) is 34.5 Å². The van der Waals surface area contributed by atoms with Crippen molar-refractivity contribution in [1.29, 1.82) is 0 Å². The molecule has 0 spiro atoms. The van der Waals surface area contributed by atoms with Gasteiger partial charge in [0.05, 0.1) is 59.3 Å². The number of aliphatic hydroxyl groups is 3. The van der Waals surface area contributed by atoms with Crippen LogP contribution in [0.3, 0.4) is 0 Å². The fourth-order valence-corrected chi connectivity index (χ4v) is 3.72. The number of alkyl halides is 1. The quantitative estimate of drug-likeness (QED) is 0.0367. The number of rotatable bonds is 20. The molecule has 0 heterocycles. The summed E-state index contributed by atoms with van der Waals surface area (Å²) >= 11 is 3.25. The van der Waals surface area contributed by atoms with Crippen LogP contribution < -0.4 is 34.2 Å². The summed E-state index contributed by atoms with van der Waals surface area (Å²) in [7, 11) is 4.75. The maximum atomic E-state index is 10.5. The zero-order valence-corrected chi connectivity index (χ0v) is 37.3. The number of hydrogen-bond acceptors (Lipinski definition) is 13. The van der Waals surface area contributed by atoms with Crippen molar-refractivity contribution in [3.8, 4) is 34.5 Å². The van der Waals surface area contributed by atoms with Crippen LogP contribution in [-0.4, -0.2) is 99.4 Å². The van der Waals surface area contributed by atoms with Crippen molar-refractivity contribution in [2.75, 3.05) is 72.8 Å². The molecule has 3 aromatic carbocycles. The number of ether oxygens (including phenoxy) is 6. The van der Waals surface area contributed by atoms with Crippen LogP contribution in [0.25, 0.3) is 6.08 Å². The minimum atomic E-state index is -0.506. The summed E-state index contributed by atoms with van der Waals surface area (Å²) in [5, 5.41) is 34.5. The maximum Gasteiger partial charge on any atom is 0.235 e. The Morgan fingerprint density at radius 3 is 1.36 bits per heavy atom. The van der Waals surface area contributed by atoms with Gasteiger partial charge < -0.3 is 49.5 Å². The number of benzene rings is 3. The number of aliphatic hydroxyl groups excluding tert-OH is 3. The van der Waals surface area contributed by atoms with Gasteiger partial charge in [0.2, 0.25) is 6.20 Å². The molecule has 0 saturated heterocycles. The third kappa shape index (κ3) is 30.7. The Kier molecular flexibility index (Phi) is 42.1. The molecule has 58 heavy (non-hydrogen) atoms. The first kappa shape index (κ1) is 57.9. The van der Waals surface area contributed by atoms with Crippen molar-refractivity contribution in [3.05, 3.63) is 87.6 Å². The van der Waals surface area contributed by atoms with Crippen LogP contribution in [0, 0.1) is 10.1 Å². The van der Waals surface area contributed by atoms with E-state index in [2.05, 4.69) is 29.8 Å². The number of nitrogens with zero attached hydrogens (tertiary/aromatic N) is 1. The van der Waals surface area contributed by atoms with Gasteiger partial charge in [-0.15, -0.1) is 0 Å². The highest BCUT2D eigenvalue weighted by Gasteiger charge is 2.07. The lowest BCUT2D eigenvalue weighted by Gasteiger charge is -2.11. The average Bonchev–Trinajstić information content (AvgIpc) is 3.27. The van der Waals surface area contributed by atoms with Crippen LogP contribution in [-0.2, 0) is 6.42 Å². The van der Waals surface area contributed by atoms with Gasteiger partial charge >= 0.3 is 0 Å². The van der Waals surface area contributed by atoms with E-state index >= 15 is 0 Å². The van der Waals surface area contributed by atoms with Gasteiger partial charge in [0.1, 0.15) is 6.29 Å². The Balaban J connectivity index is -0.000000687. The molecule has 5 N–H and O–H groups in total. The van der Waals surface area contributed by atoms with E-state index in [1.807, 2.05) is 39.0 Å². The molecule has 0 atom stereocenters. The van der Waals surface area contributed by atoms with Gasteiger partial charge in [-0.2, -0.15) is 0 Å². The minimum absolute atomic E-state index is 0.125. The summed E-state index contributed by atoms with van der Waals surface area (Å²) in [6.45, 7) is 12.9. The number of nitro groups is 1. The Bertz CT molecular complexity index is 1450. The topological polar surface area (TPSA) is 202 Å². The molecule has 0 unspecified atom stereocenters. The van der Waals surface area contributed by atoms with Gasteiger partial charge in [-0.05, 0) is 98.7 Å². The van der Waals surface area contributed by atoms with Crippen molar-refractivity contribution in [2.24, 2.45) is 5.73 Å². The molecule has 14 nitrogen and oxygen atoms in total. The van der Waals surface area contributed by atoms with E-state index in [0.29, 0.717) is 67.1 Å². The van der Waals surface area contributed by atoms with Gasteiger partial charge in [-0.25, -0.2) is 0 Å². The molecule has 15 heteroatoms. The van der Waals surface area contributed by atoms with Crippen LogP contribution in [0.4, 0.5) is 0 Å². The molecule has 3 aromatic rings. The lowest BCUT2D eigenvalue weighted by Crippen LogP contribution is -2.03. The molecule has 0 fully saturated rings. The second-order valence-electron chi connectivity index (χ2n) is 11.5. The summed E-state index contributed by atoms with van der Waals surface area (Å²) in [5.41, 5.74) is 7.96. The third-order valence-electron chi connectivity index (χ3n) is 6.46. The molecule has 330 valence electrons. The number of carbonyl (C=O) groups is 1. The zero-order chi connectivity index (χ0) is 44.4. The van der Waals surface area contributed by atoms with Gasteiger partial charge in [-0.1, -0.05) is 62.7 Å². The summed E-state index contributed by atoms with van der Waals surface area (Å²) < 4.78 is 32.0. The zero-order valence-electron chi connectivity index (χ0n) is 35.7. The fourth-order valence-electron chi connectivity index (χ4n) is 3.72. The van der Waals surface area contributed by atoms with E-state index in [9.17, 15) is 14.9 Å². The molecule has 0 aromatic heterocycles. The summed E-state index contributed by atoms with van der Waals surface area (Å²) in [6.07, 6.45) is 8.91. The standard InChI is InChI=1S/C12H15NO4.C12H19NO2.C11H14O3.C3H7Br.C3H8O.C2H6O2/c1-3-8-17-11-5-4-10(6-7-13(14)15)9-12(11)16-2;1-3-8-15-11-5-4-10(6-7-13)9-12(11)14-2;1-3-6-14-10-5-4-9(8-12)7-11(10)13-2;2*1-2-3-4;3-1-2-4/h4-7,9H,3,8H2,1-2H3;4-5,9H,3,6-8,13H2,1-2H3;4-5,7-8H,3,6H2,1-2H3;2-3H2,1H3;4H,2-3H2,1H3;3-4H,1-2H2/b7-6+;;;;;. The van der Waals surface area contributed by atoms with Crippen molar-refractivity contribution in [3.63, 3.8) is 0 Å². The maximum absolute atomic E-state index is 10.5. The molecular formula is C43H69BrN2O12. The van der Waals surface area contributed by atoms with Crippen molar-refractivity contribution >= 4 is 28.3 Å². The first-order valence-corrected chi connectivity index (χ1v) is 20.4. The highest BCUT2D eigenvalue weighted by Crippen LogP contribution is 2.30. The predicted octanol–water partition coefficient (Wildman–Crippen LogP) is 8.16. The first-order valence-electron chi connectivity index (χ1n) is 19.3. The Hall–Kier alpha value is -4.41. The predicted molar refractivity (Wildman–Crippen MR) is 236 cm³/mol. The number of aldehydes is 1. The van der Waals surface area contributed by atoms with Crippen molar-refractivity contribution in [1.82, 2.24) is 0 Å². The fraction of sp³-hybridized carbons (Fsp3) is 0.512. The normalized spacial score (nSPS) is 9.53. The highest BCUT2D eigenvalue weighted by molar-refractivity contribution is 9.09. The van der Waals surface area contributed by atoms with Crippen molar-refractivity contribution in [2.45, 2.75) is 73.1 Å². The molecule has 0 radical (unpaired) electrons. The van der Waals surface area contributed by atoms with Crippen LogP contribution >= 0.6 is 15.9 Å². The van der Waals surface area contributed by atoms with Crippen LogP contribution in [0.15, 0.2) is 60.8 Å². The summed E-state index contributed by atoms with van der Waals surface area (Å²) in [4.78, 5) is 20.2. The molecular weight excluding hydrogens is 816 g/mol. The average molecular weight is 886 g/mol. The summed E-state index contributed by atoms with van der Waals surface area (Å²) in [5.74, 6) is 4.09. The lowest BCUT2D eigenvalue weighted by atomic mass is 10.1. The van der Waals surface area contributed by atoms with E-state index in [-0.39, 0.29) is 13.2 Å². The Morgan fingerprint density at radius 1 is 0.638 bits per heavy atom. The highest BCUT2D eigenvalue weighted by atomic mass is 79.9. The van der Waals surface area contributed by atoms with Crippen LogP contribution in [0.2, 0.25) is 0 Å². The monoisotopic (exact) mass is 884 g/mol. The van der Waals surface area contributed by atoms with Gasteiger partial charge in [0.15, 0.2) is 34.5 Å². The molecule has 0 aliphatic rings. The second kappa shape index (κ2) is 42.2. The number of halogens is 1. The third-order valence-corrected chi connectivity index (χ3v) is 7.25. The van der Waals surface area contributed by atoms with E-state index in [0.717, 1.165) is 61.4 Å². The van der Waals surface area contributed by atoms with Gasteiger partial charge in [0, 0.05) is 23.6 Å². The molecule has 0 aliphatic heterocycles. The number of carbonyl (C=O) groups excluding carboxylic acids is 1. The number of hydrogen-bond donors (Lipinski definition) is 4. The van der Waals surface area contributed by atoms with Crippen molar-refractivity contribution < 1.29 is 53.5 Å². The molecule has 0 saturated carbocycles. The largest absolute Gasteiger partial charge is 0.493 e. The van der Waals surface area contributed by atoms with E-state index in [4.69, 9.17) is 49.5 Å². The number of nitrogens with two attached hydrogens (primary N) is 1. The Labute approximate surface area is 354 Å². The first-order chi connectivity index (χ1) is 28.0. The smallest absolute Gasteiger partial charge is 0.235 e. The summed E-state index contributed by atoms with van der Waals surface area (Å²) in [6, 6.07) is 16.3. The van der Waals surface area contributed by atoms with E-state index in [1.54, 1.807) is 50.6 Å². The van der Waals surface area contributed by atoms with E-state index in [1.165, 1.54) is 25.2 Å². The molecule has 0 aliphatic carbocycles. The lowest BCUT2D eigenvalue weighted by molar-refractivity contribution is -0.400. The second-order valence-corrected chi connectivity index (χ2v) is 12.3. The molecule has 3 rings (SSSR count). The van der Waals surface area contributed by atoms with Gasteiger partial charge in [-0.3, -0.25) is 14.9 Å². The van der Waals surface area contributed by atoms with E-state index < -0.39 is 4.92 Å². The number of methoxy groups -OCH3 is 3. The molecule has 0 bridgehead atoms. The molecule has 0 amide bonds. The minimum Gasteiger partial charge on any atom is -0.493 e. The Morgan fingerprint density at radius 2 is 1.03 bits per heavy atom. The SMILES string of the molecule is CCCBr.CCCO.CCCOc1ccc(/C=C/[N+](=O)[O-])cc1OC.CCCOc1ccc(C=O)cc1OC.CCCOc1ccc(CCN)cc1OC.OCCO.